The van der Waals surface area contributed by atoms with Crippen LogP contribution in [0, 0.1) is 36.0 Å². The Morgan fingerprint density at radius 2 is 1.89 bits per heavy atom. The van der Waals surface area contributed by atoms with Crippen LogP contribution in [0.4, 0.5) is 16.6 Å². The van der Waals surface area contributed by atoms with Crippen LogP contribution in [0.1, 0.15) is 69.6 Å². The van der Waals surface area contributed by atoms with Gasteiger partial charge in [0, 0.05) is 19.1 Å². The molecule has 1 aromatic carbocycles. The summed E-state index contributed by atoms with van der Waals surface area (Å²) in [7, 11) is 0. The molecule has 4 rings (SSSR count). The molecule has 8 heteroatoms. The lowest BCUT2D eigenvalue weighted by molar-refractivity contribution is 0.0324. The molecule has 1 amide bonds. The fourth-order valence-corrected chi connectivity index (χ4v) is 5.62. The normalized spacial score (nSPS) is 23.3. The van der Waals surface area contributed by atoms with E-state index < -0.39 is 5.60 Å². The number of nitrogens with one attached hydrogen (secondary N) is 3. The first kappa shape index (κ1) is 25.7. The molecule has 36 heavy (non-hydrogen) atoms. The second-order valence-corrected chi connectivity index (χ2v) is 11.2. The maximum absolute atomic E-state index is 12.4. The van der Waals surface area contributed by atoms with E-state index in [2.05, 4.69) is 51.0 Å². The van der Waals surface area contributed by atoms with Crippen LogP contribution in [0.5, 0.6) is 0 Å². The number of anilines is 2. The third kappa shape index (κ3) is 6.66. The number of carbonyl (C=O) groups excluding carboxylic acids is 1. The van der Waals surface area contributed by atoms with Gasteiger partial charge in [-0.15, -0.1) is 0 Å². The van der Waals surface area contributed by atoms with Gasteiger partial charge in [0.1, 0.15) is 23.1 Å². The minimum atomic E-state index is -0.496. The van der Waals surface area contributed by atoms with Gasteiger partial charge in [0.25, 0.3) is 0 Å². The third-order valence-electron chi connectivity index (χ3n) is 7.29. The zero-order chi connectivity index (χ0) is 25.7. The quantitative estimate of drug-likeness (QED) is 0.476. The average molecular weight is 491 g/mol. The Morgan fingerprint density at radius 1 is 1.17 bits per heavy atom. The lowest BCUT2D eigenvalue weighted by Gasteiger charge is -2.46. The van der Waals surface area contributed by atoms with Gasteiger partial charge < -0.3 is 20.7 Å². The lowest BCUT2D eigenvalue weighted by Crippen LogP contribution is -2.52. The second-order valence-electron chi connectivity index (χ2n) is 11.2. The topological polar surface area (TPSA) is 112 Å². The zero-order valence-corrected chi connectivity index (χ0v) is 21.8. The van der Waals surface area contributed by atoms with Crippen LogP contribution < -0.4 is 16.0 Å². The third-order valence-corrected chi connectivity index (χ3v) is 7.29. The Balaban J connectivity index is 1.35. The molecule has 4 atom stereocenters. The standard InChI is InChI=1S/C28H38N6O2/c1-18-8-5-6-9-22(18)16-31-26-32-17-23(14-29)25(34-26)30-15-19-12-20-10-7-11-21(13-19)24(20)33-27(35)36-28(2,3)4/h5-6,8-9,17,19-21,24H,7,10-13,15-16H2,1-4H3,(H,33,35)(H2,30,31,32,34)/t19?,20-,21+,24?. The van der Waals surface area contributed by atoms with Gasteiger partial charge in [-0.3, -0.25) is 0 Å². The molecule has 2 aliphatic rings. The van der Waals surface area contributed by atoms with Crippen LogP contribution in [-0.4, -0.2) is 34.2 Å². The molecule has 8 nitrogen and oxygen atoms in total. The number of nitriles is 1. The number of nitrogens with zero attached hydrogens (tertiary/aromatic N) is 3. The molecule has 0 radical (unpaired) electrons. The number of benzene rings is 1. The van der Waals surface area contributed by atoms with E-state index in [0.717, 1.165) is 32.2 Å². The molecule has 1 heterocycles. The van der Waals surface area contributed by atoms with E-state index in [1.54, 1.807) is 6.20 Å². The highest BCUT2D eigenvalue weighted by atomic mass is 16.6. The summed E-state index contributed by atoms with van der Waals surface area (Å²) in [6.07, 6.45) is 6.79. The number of alkyl carbamates (subject to hydrolysis) is 1. The molecular weight excluding hydrogens is 452 g/mol. The van der Waals surface area contributed by atoms with E-state index in [1.807, 2.05) is 32.9 Å². The first-order valence-electron chi connectivity index (χ1n) is 13.0. The number of hydrogen-bond acceptors (Lipinski definition) is 7. The van der Waals surface area contributed by atoms with Crippen LogP contribution in [0.3, 0.4) is 0 Å². The Labute approximate surface area is 214 Å². The number of ether oxygens (including phenoxy) is 1. The molecule has 2 aliphatic carbocycles. The smallest absolute Gasteiger partial charge is 0.407 e. The van der Waals surface area contributed by atoms with Crippen LogP contribution >= 0.6 is 0 Å². The van der Waals surface area contributed by atoms with Gasteiger partial charge in [0.15, 0.2) is 0 Å². The van der Waals surface area contributed by atoms with Crippen LogP contribution in [-0.2, 0) is 11.3 Å². The van der Waals surface area contributed by atoms with Crippen molar-refractivity contribution in [2.45, 2.75) is 78.0 Å². The fraction of sp³-hybridized carbons (Fsp3) is 0.571. The predicted molar refractivity (Wildman–Crippen MR) is 140 cm³/mol. The molecule has 2 aromatic rings. The van der Waals surface area contributed by atoms with Gasteiger partial charge in [-0.25, -0.2) is 9.78 Å². The summed E-state index contributed by atoms with van der Waals surface area (Å²) in [5.74, 6) is 2.43. The van der Waals surface area contributed by atoms with E-state index >= 15 is 0 Å². The first-order valence-corrected chi connectivity index (χ1v) is 13.0. The average Bonchev–Trinajstić information content (AvgIpc) is 2.81. The first-order chi connectivity index (χ1) is 17.2. The number of carbonyl (C=O) groups is 1. The maximum atomic E-state index is 12.4. The molecule has 2 bridgehead atoms. The Kier molecular flexibility index (Phi) is 7.97. The van der Waals surface area contributed by atoms with Crippen LogP contribution in [0.15, 0.2) is 30.5 Å². The van der Waals surface area contributed by atoms with Crippen molar-refractivity contribution in [1.82, 2.24) is 15.3 Å². The van der Waals surface area contributed by atoms with Crippen molar-refractivity contribution in [3.05, 3.63) is 47.2 Å². The Bertz CT molecular complexity index is 1090. The summed E-state index contributed by atoms with van der Waals surface area (Å²) < 4.78 is 5.52. The van der Waals surface area contributed by atoms with Crippen LogP contribution in [0.25, 0.3) is 0 Å². The number of aromatic nitrogens is 2. The van der Waals surface area contributed by atoms with Crippen molar-refractivity contribution in [3.8, 4) is 6.07 Å². The van der Waals surface area contributed by atoms with Gasteiger partial charge >= 0.3 is 6.09 Å². The SMILES string of the molecule is Cc1ccccc1CNc1ncc(C#N)c(NCC2C[C@H]3CCC[C@@H](C2)C3NC(=O)OC(C)(C)C)n1. The summed E-state index contributed by atoms with van der Waals surface area (Å²) in [6, 6.07) is 10.6. The number of hydrogen-bond donors (Lipinski definition) is 3. The molecule has 1 aromatic heterocycles. The summed E-state index contributed by atoms with van der Waals surface area (Å²) in [5.41, 5.74) is 2.34. The van der Waals surface area contributed by atoms with Crippen molar-refractivity contribution >= 4 is 17.9 Å². The van der Waals surface area contributed by atoms with Gasteiger partial charge in [0.05, 0.1) is 6.20 Å². The Hall–Kier alpha value is -3.34. The summed E-state index contributed by atoms with van der Waals surface area (Å²) in [6.45, 7) is 9.12. The van der Waals surface area contributed by atoms with Gasteiger partial charge in [0.2, 0.25) is 5.95 Å². The van der Waals surface area contributed by atoms with E-state index in [-0.39, 0.29) is 12.1 Å². The second kappa shape index (κ2) is 11.2. The molecule has 3 N–H and O–H groups in total. The number of amides is 1. The lowest BCUT2D eigenvalue weighted by atomic mass is 9.64. The molecule has 0 saturated heterocycles. The number of aryl methyl sites for hydroxylation is 1. The fourth-order valence-electron chi connectivity index (χ4n) is 5.62. The van der Waals surface area contributed by atoms with Gasteiger partial charge in [-0.05, 0) is 82.3 Å². The highest BCUT2D eigenvalue weighted by molar-refractivity contribution is 5.68. The van der Waals surface area contributed by atoms with Gasteiger partial charge in [-0.1, -0.05) is 30.7 Å². The van der Waals surface area contributed by atoms with Crippen molar-refractivity contribution in [3.63, 3.8) is 0 Å². The summed E-state index contributed by atoms with van der Waals surface area (Å²) in [5, 5.41) is 19.5. The number of rotatable bonds is 7. The zero-order valence-electron chi connectivity index (χ0n) is 21.8. The van der Waals surface area contributed by atoms with E-state index in [9.17, 15) is 10.1 Å². The Morgan fingerprint density at radius 3 is 2.56 bits per heavy atom. The van der Waals surface area contributed by atoms with Crippen molar-refractivity contribution in [2.75, 3.05) is 17.2 Å². The molecule has 2 unspecified atom stereocenters. The summed E-state index contributed by atoms with van der Waals surface area (Å²) >= 11 is 0. The van der Waals surface area contributed by atoms with Crippen LogP contribution in [0.2, 0.25) is 0 Å². The molecule has 2 saturated carbocycles. The van der Waals surface area contributed by atoms with Crippen molar-refractivity contribution in [2.24, 2.45) is 17.8 Å². The molecule has 2 fully saturated rings. The maximum Gasteiger partial charge on any atom is 0.407 e. The molecular formula is C28H38N6O2. The minimum Gasteiger partial charge on any atom is -0.444 e. The van der Waals surface area contributed by atoms with E-state index in [0.29, 0.717) is 41.6 Å². The molecule has 192 valence electrons. The molecule has 0 aliphatic heterocycles. The van der Waals surface area contributed by atoms with E-state index in [4.69, 9.17) is 4.74 Å². The number of fused-ring (bicyclic) bond motifs is 2. The van der Waals surface area contributed by atoms with Crippen molar-refractivity contribution in [1.29, 1.82) is 5.26 Å². The monoisotopic (exact) mass is 490 g/mol. The molecule has 0 spiro atoms. The predicted octanol–water partition coefficient (Wildman–Crippen LogP) is 5.40. The minimum absolute atomic E-state index is 0.177. The highest BCUT2D eigenvalue weighted by Gasteiger charge is 2.41. The largest absolute Gasteiger partial charge is 0.444 e. The van der Waals surface area contributed by atoms with Gasteiger partial charge in [-0.2, -0.15) is 10.2 Å². The van der Waals surface area contributed by atoms with Crippen molar-refractivity contribution < 1.29 is 9.53 Å². The summed E-state index contributed by atoms with van der Waals surface area (Å²) in [4.78, 5) is 21.3. The van der Waals surface area contributed by atoms with E-state index in [1.165, 1.54) is 17.5 Å². The highest BCUT2D eigenvalue weighted by Crippen LogP contribution is 2.43.